The molecule has 106 valence electrons. The molecule has 1 fully saturated rings. The van der Waals surface area contributed by atoms with Crippen LogP contribution >= 0.6 is 12.1 Å². The normalized spacial score (nSPS) is 17.5. The number of hydrogen-bond acceptors (Lipinski definition) is 5. The third-order valence-corrected chi connectivity index (χ3v) is 3.58. The van der Waals surface area contributed by atoms with Crippen LogP contribution < -0.4 is 0 Å². The molecule has 0 saturated carbocycles. The van der Waals surface area contributed by atoms with Crippen molar-refractivity contribution in [1.82, 2.24) is 18.2 Å². The maximum atomic E-state index is 11.9. The molecule has 2 heterocycles. The van der Waals surface area contributed by atoms with Crippen molar-refractivity contribution >= 4 is 18.2 Å². The smallest absolute Gasteiger partial charge is 0.410 e. The van der Waals surface area contributed by atoms with E-state index < -0.39 is 5.60 Å². The lowest BCUT2D eigenvalue weighted by Crippen LogP contribution is -2.48. The maximum absolute atomic E-state index is 11.9. The van der Waals surface area contributed by atoms with Crippen LogP contribution in [0.1, 0.15) is 20.8 Å². The van der Waals surface area contributed by atoms with Gasteiger partial charge in [0.15, 0.2) is 0 Å². The van der Waals surface area contributed by atoms with E-state index in [9.17, 15) is 4.79 Å². The maximum Gasteiger partial charge on any atom is 0.410 e. The van der Waals surface area contributed by atoms with Crippen molar-refractivity contribution in [3.8, 4) is 0 Å². The number of piperazine rings is 1. The fourth-order valence-corrected chi connectivity index (χ4v) is 2.51. The van der Waals surface area contributed by atoms with Crippen LogP contribution in [-0.2, 0) is 4.74 Å². The number of rotatable bonds is 2. The Morgan fingerprint density at radius 1 is 1.26 bits per heavy atom. The van der Waals surface area contributed by atoms with Gasteiger partial charge in [-0.1, -0.05) is 0 Å². The lowest BCUT2D eigenvalue weighted by molar-refractivity contribution is 0.0197. The van der Waals surface area contributed by atoms with Gasteiger partial charge in [-0.3, -0.25) is 3.97 Å². The lowest BCUT2D eigenvalue weighted by atomic mass is 10.2. The summed E-state index contributed by atoms with van der Waals surface area (Å²) in [7, 11) is 0. The summed E-state index contributed by atoms with van der Waals surface area (Å²) in [4.78, 5) is 17.7. The van der Waals surface area contributed by atoms with Gasteiger partial charge >= 0.3 is 6.09 Å². The van der Waals surface area contributed by atoms with E-state index in [2.05, 4.69) is 9.29 Å². The molecule has 6 nitrogen and oxygen atoms in total. The second-order valence-electron chi connectivity index (χ2n) is 5.40. The van der Waals surface area contributed by atoms with Gasteiger partial charge < -0.3 is 9.64 Å². The third-order valence-electron chi connectivity index (χ3n) is 2.58. The van der Waals surface area contributed by atoms with Gasteiger partial charge in [-0.05, 0) is 20.8 Å². The van der Waals surface area contributed by atoms with E-state index in [4.69, 9.17) is 4.74 Å². The zero-order chi connectivity index (χ0) is 13.9. The second kappa shape index (κ2) is 5.83. The van der Waals surface area contributed by atoms with E-state index in [1.165, 1.54) is 0 Å². The van der Waals surface area contributed by atoms with E-state index in [-0.39, 0.29) is 6.09 Å². The number of aromatic nitrogens is 2. The predicted octanol–water partition coefficient (Wildman–Crippen LogP) is 1.85. The first-order chi connectivity index (χ1) is 8.94. The van der Waals surface area contributed by atoms with Crippen molar-refractivity contribution in [2.45, 2.75) is 26.4 Å². The second-order valence-corrected chi connectivity index (χ2v) is 6.50. The largest absolute Gasteiger partial charge is 0.444 e. The summed E-state index contributed by atoms with van der Waals surface area (Å²) in [6.07, 6.45) is 5.21. The molecule has 2 rings (SSSR count). The van der Waals surface area contributed by atoms with Crippen LogP contribution in [0.3, 0.4) is 0 Å². The molecule has 0 aromatic carbocycles. The van der Waals surface area contributed by atoms with Crippen LogP contribution in [0.15, 0.2) is 18.7 Å². The Bertz CT molecular complexity index is 408. The van der Waals surface area contributed by atoms with Gasteiger partial charge in [0.05, 0.1) is 0 Å². The number of imidazole rings is 1. The Hall–Kier alpha value is -1.21. The number of carbonyl (C=O) groups excluding carboxylic acids is 1. The summed E-state index contributed by atoms with van der Waals surface area (Å²) in [5, 5.41) is 0. The monoisotopic (exact) mass is 284 g/mol. The standard InChI is InChI=1S/C12H20N4O2S/c1-12(2,3)18-11(17)14-6-8-15(9-7-14)19-16-5-4-13-10-16/h4-5,10H,6-9H2,1-3H3. The first-order valence-corrected chi connectivity index (χ1v) is 7.06. The van der Waals surface area contributed by atoms with E-state index in [1.54, 1.807) is 29.6 Å². The summed E-state index contributed by atoms with van der Waals surface area (Å²) in [5.41, 5.74) is -0.431. The van der Waals surface area contributed by atoms with Gasteiger partial charge in [0.25, 0.3) is 0 Å². The van der Waals surface area contributed by atoms with Crippen molar-refractivity contribution in [2.75, 3.05) is 26.2 Å². The van der Waals surface area contributed by atoms with Crippen molar-refractivity contribution in [2.24, 2.45) is 0 Å². The first kappa shape index (κ1) is 14.2. The highest BCUT2D eigenvalue weighted by Gasteiger charge is 2.26. The summed E-state index contributed by atoms with van der Waals surface area (Å²) < 4.78 is 9.52. The topological polar surface area (TPSA) is 50.6 Å². The molecule has 0 aliphatic carbocycles. The minimum Gasteiger partial charge on any atom is -0.444 e. The van der Waals surface area contributed by atoms with Gasteiger partial charge in [0.1, 0.15) is 11.9 Å². The number of amides is 1. The van der Waals surface area contributed by atoms with Crippen molar-refractivity contribution in [1.29, 1.82) is 0 Å². The van der Waals surface area contributed by atoms with Crippen LogP contribution in [0.2, 0.25) is 0 Å². The number of carbonyl (C=O) groups is 1. The predicted molar refractivity (Wildman–Crippen MR) is 74.6 cm³/mol. The molecular formula is C12H20N4O2S. The number of nitrogens with zero attached hydrogens (tertiary/aromatic N) is 4. The highest BCUT2D eigenvalue weighted by Crippen LogP contribution is 2.17. The molecular weight excluding hydrogens is 264 g/mol. The fourth-order valence-electron chi connectivity index (χ4n) is 1.71. The van der Waals surface area contributed by atoms with Crippen molar-refractivity contribution in [3.63, 3.8) is 0 Å². The van der Waals surface area contributed by atoms with Crippen LogP contribution in [0, 0.1) is 0 Å². The summed E-state index contributed by atoms with van der Waals surface area (Å²) in [6.45, 7) is 8.68. The highest BCUT2D eigenvalue weighted by atomic mass is 32.2. The fraction of sp³-hybridized carbons (Fsp3) is 0.667. The molecule has 1 aromatic rings. The van der Waals surface area contributed by atoms with Gasteiger partial charge in [-0.25, -0.2) is 14.1 Å². The molecule has 1 amide bonds. The zero-order valence-electron chi connectivity index (χ0n) is 11.6. The van der Waals surface area contributed by atoms with E-state index in [1.807, 2.05) is 30.9 Å². The van der Waals surface area contributed by atoms with Crippen LogP contribution in [-0.4, -0.2) is 56.0 Å². The van der Waals surface area contributed by atoms with Crippen LogP contribution in [0.4, 0.5) is 4.79 Å². The molecule has 0 N–H and O–H groups in total. The molecule has 1 aliphatic heterocycles. The van der Waals surface area contributed by atoms with E-state index in [0.717, 1.165) is 13.1 Å². The van der Waals surface area contributed by atoms with Gasteiger partial charge in [-0.15, -0.1) is 0 Å². The molecule has 1 saturated heterocycles. The Labute approximate surface area is 118 Å². The van der Waals surface area contributed by atoms with Crippen molar-refractivity contribution in [3.05, 3.63) is 18.7 Å². The van der Waals surface area contributed by atoms with Crippen LogP contribution in [0.25, 0.3) is 0 Å². The minimum atomic E-state index is -0.431. The van der Waals surface area contributed by atoms with Crippen LogP contribution in [0.5, 0.6) is 0 Å². The summed E-state index contributed by atoms with van der Waals surface area (Å²) in [5.74, 6) is 0. The molecule has 0 spiro atoms. The number of ether oxygens (including phenoxy) is 1. The Morgan fingerprint density at radius 2 is 1.95 bits per heavy atom. The molecule has 1 aromatic heterocycles. The van der Waals surface area contributed by atoms with Crippen molar-refractivity contribution < 1.29 is 9.53 Å². The first-order valence-electron chi connectivity index (χ1n) is 6.33. The Balaban J connectivity index is 1.77. The highest BCUT2D eigenvalue weighted by molar-refractivity contribution is 7.95. The zero-order valence-corrected chi connectivity index (χ0v) is 12.4. The Morgan fingerprint density at radius 3 is 2.47 bits per heavy atom. The SMILES string of the molecule is CC(C)(C)OC(=O)N1CCN(Sn2ccnc2)CC1. The van der Waals surface area contributed by atoms with E-state index >= 15 is 0 Å². The summed E-state index contributed by atoms with van der Waals surface area (Å²) >= 11 is 1.61. The number of hydrogen-bond donors (Lipinski definition) is 0. The quantitative estimate of drug-likeness (QED) is 0.776. The molecule has 0 atom stereocenters. The van der Waals surface area contributed by atoms with Gasteiger partial charge in [-0.2, -0.15) is 0 Å². The molecule has 1 aliphatic rings. The average molecular weight is 284 g/mol. The lowest BCUT2D eigenvalue weighted by Gasteiger charge is -2.34. The molecule has 0 bridgehead atoms. The molecule has 0 unspecified atom stereocenters. The third kappa shape index (κ3) is 4.43. The van der Waals surface area contributed by atoms with E-state index in [0.29, 0.717) is 13.1 Å². The molecule has 7 heteroatoms. The summed E-state index contributed by atoms with van der Waals surface area (Å²) in [6, 6.07) is 0. The average Bonchev–Trinajstić information content (AvgIpc) is 2.80. The Kier molecular flexibility index (Phi) is 4.36. The van der Waals surface area contributed by atoms with Gasteiger partial charge in [0, 0.05) is 50.7 Å². The molecule has 0 radical (unpaired) electrons. The minimum absolute atomic E-state index is 0.222. The van der Waals surface area contributed by atoms with Gasteiger partial charge in [0.2, 0.25) is 0 Å². The molecule has 19 heavy (non-hydrogen) atoms.